The van der Waals surface area contributed by atoms with Gasteiger partial charge in [-0.05, 0) is 44.9 Å². The minimum atomic E-state index is -1.14. The molecule has 21 heavy (non-hydrogen) atoms. The molecule has 0 aromatic heterocycles. The van der Waals surface area contributed by atoms with Crippen LogP contribution < -0.4 is 5.32 Å². The molecule has 6 heteroatoms. The smallest absolute Gasteiger partial charge is 0.329 e. The summed E-state index contributed by atoms with van der Waals surface area (Å²) in [5.41, 5.74) is -2.01. The molecule has 0 radical (unpaired) electrons. The highest BCUT2D eigenvalue weighted by atomic mass is 16.4. The van der Waals surface area contributed by atoms with Gasteiger partial charge in [0, 0.05) is 6.54 Å². The van der Waals surface area contributed by atoms with Crippen LogP contribution in [0.3, 0.4) is 0 Å². The molecule has 1 aliphatic carbocycles. The van der Waals surface area contributed by atoms with Gasteiger partial charge >= 0.3 is 12.0 Å². The van der Waals surface area contributed by atoms with E-state index in [2.05, 4.69) is 12.2 Å². The second-order valence-corrected chi connectivity index (χ2v) is 6.84. The van der Waals surface area contributed by atoms with Gasteiger partial charge in [0.25, 0.3) is 0 Å². The summed E-state index contributed by atoms with van der Waals surface area (Å²) in [6, 6.07) is -0.370. The number of aliphatic hydroxyl groups is 1. The minimum Gasteiger partial charge on any atom is -0.480 e. The summed E-state index contributed by atoms with van der Waals surface area (Å²) < 4.78 is 0. The maximum absolute atomic E-state index is 12.3. The van der Waals surface area contributed by atoms with E-state index in [4.69, 9.17) is 0 Å². The first-order valence-electron chi connectivity index (χ1n) is 7.81. The topological polar surface area (TPSA) is 89.9 Å². The van der Waals surface area contributed by atoms with E-state index in [1.54, 1.807) is 6.92 Å². The molecule has 2 fully saturated rings. The Balaban J connectivity index is 2.01. The fraction of sp³-hybridized carbons (Fsp3) is 0.867. The molecule has 120 valence electrons. The van der Waals surface area contributed by atoms with Gasteiger partial charge in [0.05, 0.1) is 12.1 Å². The van der Waals surface area contributed by atoms with Gasteiger partial charge in [-0.25, -0.2) is 9.59 Å². The molecule has 0 spiro atoms. The zero-order valence-corrected chi connectivity index (χ0v) is 12.9. The second-order valence-electron chi connectivity index (χ2n) is 6.84. The second kappa shape index (κ2) is 5.83. The average molecular weight is 298 g/mol. The molecule has 3 N–H and O–H groups in total. The molecule has 0 bridgehead atoms. The number of β-amino-alcohol motifs (C(OH)–C–C–N with tert-alkyl or cyclic N) is 1. The molecule has 6 nitrogen and oxygen atoms in total. The fourth-order valence-electron chi connectivity index (χ4n) is 3.37. The van der Waals surface area contributed by atoms with E-state index in [1.807, 2.05) is 0 Å². The number of hydrogen-bond acceptors (Lipinski definition) is 3. The van der Waals surface area contributed by atoms with Crippen molar-refractivity contribution < 1.29 is 19.8 Å². The van der Waals surface area contributed by atoms with Gasteiger partial charge in [0.2, 0.25) is 0 Å². The Kier molecular flexibility index (Phi) is 4.46. The van der Waals surface area contributed by atoms with Crippen molar-refractivity contribution in [3.05, 3.63) is 0 Å². The maximum atomic E-state index is 12.3. The van der Waals surface area contributed by atoms with Crippen LogP contribution in [0.25, 0.3) is 0 Å². The lowest BCUT2D eigenvalue weighted by Crippen LogP contribution is -2.59. The molecular weight excluding hydrogens is 272 g/mol. The predicted molar refractivity (Wildman–Crippen MR) is 78.0 cm³/mol. The summed E-state index contributed by atoms with van der Waals surface area (Å²) in [6.07, 6.45) is 4.21. The van der Waals surface area contributed by atoms with Crippen molar-refractivity contribution in [3.63, 3.8) is 0 Å². The molecular formula is C15H26N2O4. The lowest BCUT2D eigenvalue weighted by molar-refractivity contribution is -0.146. The molecule has 1 heterocycles. The molecule has 2 aliphatic rings. The van der Waals surface area contributed by atoms with E-state index in [0.29, 0.717) is 31.7 Å². The quantitative estimate of drug-likeness (QED) is 0.738. The van der Waals surface area contributed by atoms with Gasteiger partial charge in [-0.1, -0.05) is 13.3 Å². The monoisotopic (exact) mass is 298 g/mol. The number of likely N-dealkylation sites (tertiary alicyclic amines) is 1. The first-order chi connectivity index (χ1) is 9.78. The van der Waals surface area contributed by atoms with Crippen LogP contribution in [0.5, 0.6) is 0 Å². The molecule has 0 aromatic carbocycles. The third kappa shape index (κ3) is 3.48. The van der Waals surface area contributed by atoms with Gasteiger partial charge in [-0.2, -0.15) is 0 Å². The van der Waals surface area contributed by atoms with Crippen molar-refractivity contribution in [3.8, 4) is 0 Å². The van der Waals surface area contributed by atoms with Crippen molar-refractivity contribution in [1.29, 1.82) is 0 Å². The van der Waals surface area contributed by atoms with Crippen molar-refractivity contribution >= 4 is 12.0 Å². The molecule has 1 saturated heterocycles. The van der Waals surface area contributed by atoms with Gasteiger partial charge in [-0.3, -0.25) is 0 Å². The Labute approximate surface area is 125 Å². The van der Waals surface area contributed by atoms with E-state index in [9.17, 15) is 19.8 Å². The average Bonchev–Trinajstić information content (AvgIpc) is 2.80. The van der Waals surface area contributed by atoms with E-state index in [1.165, 1.54) is 4.90 Å². The van der Waals surface area contributed by atoms with Gasteiger partial charge in [0.1, 0.15) is 5.54 Å². The molecule has 2 amide bonds. The highest BCUT2D eigenvalue weighted by Gasteiger charge is 2.45. The zero-order valence-electron chi connectivity index (χ0n) is 12.9. The van der Waals surface area contributed by atoms with Crippen LogP contribution in [-0.4, -0.2) is 51.3 Å². The van der Waals surface area contributed by atoms with E-state index >= 15 is 0 Å². The predicted octanol–water partition coefficient (Wildman–Crippen LogP) is 1.58. The zero-order chi connectivity index (χ0) is 15.7. The van der Waals surface area contributed by atoms with E-state index in [0.717, 1.165) is 19.3 Å². The van der Waals surface area contributed by atoms with Gasteiger partial charge in [-0.15, -0.1) is 0 Å². The number of carboxylic acids is 1. The molecule has 0 aromatic rings. The first-order valence-corrected chi connectivity index (χ1v) is 7.81. The molecule has 1 atom stereocenters. The fourth-order valence-corrected chi connectivity index (χ4v) is 3.37. The van der Waals surface area contributed by atoms with Crippen molar-refractivity contribution in [2.24, 2.45) is 5.92 Å². The number of rotatable bonds is 3. The minimum absolute atomic E-state index is 0.256. The molecule has 1 aliphatic heterocycles. The molecule has 2 rings (SSSR count). The number of nitrogens with zero attached hydrogens (tertiary/aromatic N) is 1. The summed E-state index contributed by atoms with van der Waals surface area (Å²) in [4.78, 5) is 25.5. The van der Waals surface area contributed by atoms with Crippen LogP contribution in [0.15, 0.2) is 0 Å². The summed E-state index contributed by atoms with van der Waals surface area (Å²) >= 11 is 0. The standard InChI is InChI=1S/C15H26N2O4/c1-3-11-4-6-15(7-5-11,12(18)19)16-13(20)17-9-8-14(2,21)10-17/h11,21H,3-10H2,1-2H3,(H,16,20)(H,18,19). The largest absolute Gasteiger partial charge is 0.480 e. The Morgan fingerprint density at radius 2 is 1.90 bits per heavy atom. The summed E-state index contributed by atoms with van der Waals surface area (Å²) in [7, 11) is 0. The Morgan fingerprint density at radius 3 is 2.33 bits per heavy atom. The van der Waals surface area contributed by atoms with Crippen LogP contribution in [-0.2, 0) is 4.79 Å². The first kappa shape index (κ1) is 16.1. The molecule has 1 saturated carbocycles. The summed E-state index contributed by atoms with van der Waals surface area (Å²) in [6.45, 7) is 4.53. The number of nitrogens with one attached hydrogen (secondary N) is 1. The van der Waals surface area contributed by atoms with Crippen LogP contribution in [0.4, 0.5) is 4.79 Å². The van der Waals surface area contributed by atoms with Crippen LogP contribution in [0.1, 0.15) is 52.4 Å². The van der Waals surface area contributed by atoms with Crippen LogP contribution in [0.2, 0.25) is 0 Å². The number of aliphatic carboxylic acids is 1. The highest BCUT2D eigenvalue weighted by Crippen LogP contribution is 2.34. The summed E-state index contributed by atoms with van der Waals surface area (Å²) in [5, 5.41) is 22.2. The maximum Gasteiger partial charge on any atom is 0.329 e. The van der Waals surface area contributed by atoms with Crippen LogP contribution in [0, 0.1) is 5.92 Å². The number of carbonyl (C=O) groups is 2. The van der Waals surface area contributed by atoms with E-state index < -0.39 is 17.1 Å². The van der Waals surface area contributed by atoms with Crippen molar-refractivity contribution in [1.82, 2.24) is 10.2 Å². The third-order valence-corrected chi connectivity index (χ3v) is 5.03. The number of amides is 2. The number of carboxylic acid groups (broad SMARTS) is 1. The molecule has 1 unspecified atom stereocenters. The highest BCUT2D eigenvalue weighted by molar-refractivity contribution is 5.86. The van der Waals surface area contributed by atoms with Crippen molar-refractivity contribution in [2.45, 2.75) is 63.5 Å². The number of hydrogen-bond donors (Lipinski definition) is 3. The SMILES string of the molecule is CCC1CCC(NC(=O)N2CCC(C)(O)C2)(C(=O)O)CC1. The third-order valence-electron chi connectivity index (χ3n) is 5.03. The van der Waals surface area contributed by atoms with Crippen LogP contribution >= 0.6 is 0 Å². The van der Waals surface area contributed by atoms with Gasteiger partial charge < -0.3 is 20.4 Å². The summed E-state index contributed by atoms with van der Waals surface area (Å²) in [5.74, 6) is -0.391. The van der Waals surface area contributed by atoms with Gasteiger partial charge in [0.15, 0.2) is 0 Å². The lowest BCUT2D eigenvalue weighted by Gasteiger charge is -2.38. The Morgan fingerprint density at radius 1 is 1.29 bits per heavy atom. The normalized spacial score (nSPS) is 36.5. The Hall–Kier alpha value is -1.30. The number of carbonyl (C=O) groups excluding carboxylic acids is 1. The van der Waals surface area contributed by atoms with Crippen molar-refractivity contribution in [2.75, 3.05) is 13.1 Å². The number of urea groups is 1. The van der Waals surface area contributed by atoms with E-state index in [-0.39, 0.29) is 12.6 Å². The Bertz CT molecular complexity index is 414. The lowest BCUT2D eigenvalue weighted by atomic mass is 9.75.